The van der Waals surface area contributed by atoms with Gasteiger partial charge in [0.15, 0.2) is 5.78 Å². The Bertz CT molecular complexity index is 1060. The predicted molar refractivity (Wildman–Crippen MR) is 116 cm³/mol. The summed E-state index contributed by atoms with van der Waals surface area (Å²) in [6, 6.07) is 20.6. The number of rotatable bonds is 7. The summed E-state index contributed by atoms with van der Waals surface area (Å²) in [6.45, 7) is 1.91. The molecule has 0 saturated carbocycles. The third-order valence-electron chi connectivity index (χ3n) is 4.43. The van der Waals surface area contributed by atoms with E-state index in [1.807, 2.05) is 19.1 Å². The molecule has 2 amide bonds. The number of hydrogen-bond donors (Lipinski definition) is 2. The average Bonchev–Trinajstić information content (AvgIpc) is 2.75. The number of carbonyl (C=O) groups is 3. The zero-order chi connectivity index (χ0) is 21.5. The van der Waals surface area contributed by atoms with Gasteiger partial charge in [-0.3, -0.25) is 14.4 Å². The normalized spacial score (nSPS) is 10.3. The zero-order valence-electron chi connectivity index (χ0n) is 16.8. The van der Waals surface area contributed by atoms with Crippen LogP contribution < -0.4 is 10.6 Å². The van der Waals surface area contributed by atoms with Crippen molar-refractivity contribution in [1.82, 2.24) is 0 Å². The number of ether oxygens (including phenoxy) is 1. The van der Waals surface area contributed by atoms with Gasteiger partial charge in [-0.1, -0.05) is 48.0 Å². The van der Waals surface area contributed by atoms with Gasteiger partial charge >= 0.3 is 0 Å². The molecule has 3 aromatic rings. The number of hydrogen-bond acceptors (Lipinski definition) is 4. The molecule has 3 rings (SSSR count). The van der Waals surface area contributed by atoms with Crippen LogP contribution in [0.3, 0.4) is 0 Å². The van der Waals surface area contributed by atoms with Crippen molar-refractivity contribution in [2.24, 2.45) is 0 Å². The lowest BCUT2D eigenvalue weighted by atomic mass is 9.97. The molecule has 2 N–H and O–H groups in total. The van der Waals surface area contributed by atoms with E-state index in [0.717, 1.165) is 5.56 Å². The summed E-state index contributed by atoms with van der Waals surface area (Å²) in [5.74, 6) is -0.864. The molecule has 0 aliphatic heterocycles. The zero-order valence-corrected chi connectivity index (χ0v) is 16.8. The molecule has 152 valence electrons. The topological polar surface area (TPSA) is 84.5 Å². The molecule has 0 bridgehead atoms. The Kier molecular flexibility index (Phi) is 6.72. The van der Waals surface area contributed by atoms with E-state index in [0.29, 0.717) is 28.1 Å². The first-order valence-electron chi connectivity index (χ1n) is 9.38. The third-order valence-corrected chi connectivity index (χ3v) is 4.43. The summed E-state index contributed by atoms with van der Waals surface area (Å²) in [5.41, 5.74) is 3.34. The first kappa shape index (κ1) is 21.0. The second kappa shape index (κ2) is 9.62. The van der Waals surface area contributed by atoms with Crippen LogP contribution in [0.25, 0.3) is 0 Å². The number of aryl methyl sites for hydroxylation is 1. The van der Waals surface area contributed by atoms with Crippen molar-refractivity contribution in [2.45, 2.75) is 6.92 Å². The fraction of sp³-hybridized carbons (Fsp3) is 0.125. The van der Waals surface area contributed by atoms with Gasteiger partial charge in [0, 0.05) is 29.6 Å². The maximum absolute atomic E-state index is 12.9. The molecule has 6 heteroatoms. The molecule has 0 aromatic heterocycles. The second-order valence-electron chi connectivity index (χ2n) is 6.75. The summed E-state index contributed by atoms with van der Waals surface area (Å²) >= 11 is 0. The van der Waals surface area contributed by atoms with Crippen LogP contribution in [0.5, 0.6) is 0 Å². The number of carbonyl (C=O) groups excluding carboxylic acids is 3. The van der Waals surface area contributed by atoms with E-state index < -0.39 is 0 Å². The van der Waals surface area contributed by atoms with Crippen molar-refractivity contribution in [3.63, 3.8) is 0 Å². The van der Waals surface area contributed by atoms with Crippen molar-refractivity contribution in [3.8, 4) is 0 Å². The van der Waals surface area contributed by atoms with Crippen LogP contribution in [0.4, 0.5) is 11.4 Å². The standard InChI is InChI=1S/C24H22N2O4/c1-16-7-9-17(10-8-16)23(28)20-5-3-4-6-21(20)24(29)26-19-13-11-18(12-14-19)25-22(27)15-30-2/h3-14H,15H2,1-2H3,(H,25,27)(H,26,29). The average molecular weight is 402 g/mol. The predicted octanol–water partition coefficient (Wildman–Crippen LogP) is 4.06. The molecule has 30 heavy (non-hydrogen) atoms. The molecule has 0 aliphatic carbocycles. The van der Waals surface area contributed by atoms with Crippen LogP contribution in [0, 0.1) is 6.92 Å². The van der Waals surface area contributed by atoms with Gasteiger partial charge in [-0.2, -0.15) is 0 Å². The van der Waals surface area contributed by atoms with E-state index in [-0.39, 0.29) is 24.2 Å². The smallest absolute Gasteiger partial charge is 0.256 e. The van der Waals surface area contributed by atoms with Crippen molar-refractivity contribution in [2.75, 3.05) is 24.4 Å². The van der Waals surface area contributed by atoms with Gasteiger partial charge in [-0.25, -0.2) is 0 Å². The minimum atomic E-state index is -0.387. The van der Waals surface area contributed by atoms with Crippen LogP contribution >= 0.6 is 0 Å². The summed E-state index contributed by atoms with van der Waals surface area (Å²) < 4.78 is 4.77. The number of benzene rings is 3. The molecule has 0 unspecified atom stereocenters. The van der Waals surface area contributed by atoms with Crippen LogP contribution in [0.1, 0.15) is 31.8 Å². The summed E-state index contributed by atoms with van der Waals surface area (Å²) in [5, 5.41) is 5.47. The minimum Gasteiger partial charge on any atom is -0.375 e. The molecule has 3 aromatic carbocycles. The molecular formula is C24H22N2O4. The first-order chi connectivity index (χ1) is 14.5. The Morgan fingerprint density at radius 1 is 0.767 bits per heavy atom. The van der Waals surface area contributed by atoms with Gasteiger partial charge in [0.2, 0.25) is 5.91 Å². The minimum absolute atomic E-state index is 0.0374. The molecule has 0 fully saturated rings. The van der Waals surface area contributed by atoms with Crippen molar-refractivity contribution in [3.05, 3.63) is 95.1 Å². The highest BCUT2D eigenvalue weighted by atomic mass is 16.5. The quantitative estimate of drug-likeness (QED) is 0.584. The van der Waals surface area contributed by atoms with E-state index >= 15 is 0 Å². The van der Waals surface area contributed by atoms with Crippen LogP contribution in [-0.4, -0.2) is 31.3 Å². The highest BCUT2D eigenvalue weighted by molar-refractivity contribution is 6.17. The Hall–Kier alpha value is -3.77. The van der Waals surface area contributed by atoms with Gasteiger partial charge in [0.25, 0.3) is 5.91 Å². The lowest BCUT2D eigenvalue weighted by molar-refractivity contribution is -0.119. The number of methoxy groups -OCH3 is 1. The number of nitrogens with one attached hydrogen (secondary N) is 2. The maximum Gasteiger partial charge on any atom is 0.256 e. The highest BCUT2D eigenvalue weighted by Gasteiger charge is 2.18. The van der Waals surface area contributed by atoms with Gasteiger partial charge in [0.1, 0.15) is 6.61 Å². The van der Waals surface area contributed by atoms with Crippen molar-refractivity contribution < 1.29 is 19.1 Å². The Labute approximate surface area is 174 Å². The van der Waals surface area contributed by atoms with Gasteiger partial charge in [0.05, 0.1) is 5.56 Å². The molecule has 0 heterocycles. The Morgan fingerprint density at radius 3 is 1.93 bits per heavy atom. The lowest BCUT2D eigenvalue weighted by Gasteiger charge is -2.11. The van der Waals surface area contributed by atoms with Gasteiger partial charge in [-0.05, 0) is 37.3 Å². The number of ketones is 1. The largest absolute Gasteiger partial charge is 0.375 e. The van der Waals surface area contributed by atoms with Crippen molar-refractivity contribution in [1.29, 1.82) is 0 Å². The first-order valence-corrected chi connectivity index (χ1v) is 9.38. The molecule has 6 nitrogen and oxygen atoms in total. The number of anilines is 2. The Morgan fingerprint density at radius 2 is 1.33 bits per heavy atom. The van der Waals surface area contributed by atoms with E-state index in [9.17, 15) is 14.4 Å². The fourth-order valence-electron chi connectivity index (χ4n) is 2.90. The monoisotopic (exact) mass is 402 g/mol. The molecule has 0 aliphatic rings. The van der Waals surface area contributed by atoms with E-state index in [1.54, 1.807) is 60.7 Å². The maximum atomic E-state index is 12.9. The van der Waals surface area contributed by atoms with Crippen LogP contribution in [-0.2, 0) is 9.53 Å². The van der Waals surface area contributed by atoms with Crippen molar-refractivity contribution >= 4 is 29.0 Å². The summed E-state index contributed by atoms with van der Waals surface area (Å²) in [4.78, 5) is 37.3. The van der Waals surface area contributed by atoms with Crippen LogP contribution in [0.2, 0.25) is 0 Å². The van der Waals surface area contributed by atoms with Crippen LogP contribution in [0.15, 0.2) is 72.8 Å². The van der Waals surface area contributed by atoms with E-state index in [2.05, 4.69) is 10.6 Å². The lowest BCUT2D eigenvalue weighted by Crippen LogP contribution is -2.18. The second-order valence-corrected chi connectivity index (χ2v) is 6.75. The van der Waals surface area contributed by atoms with E-state index in [1.165, 1.54) is 7.11 Å². The molecular weight excluding hydrogens is 380 g/mol. The molecule has 0 spiro atoms. The molecule has 0 atom stereocenters. The summed E-state index contributed by atoms with van der Waals surface area (Å²) in [7, 11) is 1.44. The van der Waals surface area contributed by atoms with E-state index in [4.69, 9.17) is 4.74 Å². The highest BCUT2D eigenvalue weighted by Crippen LogP contribution is 2.19. The molecule has 0 saturated heterocycles. The molecule has 0 radical (unpaired) electrons. The SMILES string of the molecule is COCC(=O)Nc1ccc(NC(=O)c2ccccc2C(=O)c2ccc(C)cc2)cc1. The fourth-order valence-corrected chi connectivity index (χ4v) is 2.90. The van der Waals surface area contributed by atoms with Gasteiger partial charge in [-0.15, -0.1) is 0 Å². The third kappa shape index (κ3) is 5.18. The summed E-state index contributed by atoms with van der Waals surface area (Å²) in [6.07, 6.45) is 0. The Balaban J connectivity index is 1.75. The number of amides is 2. The van der Waals surface area contributed by atoms with Gasteiger partial charge < -0.3 is 15.4 Å².